The Hall–Kier alpha value is -0.560. The highest BCUT2D eigenvalue weighted by molar-refractivity contribution is 5.29. The maximum Gasteiger partial charge on any atom is 0.0836 e. The topological polar surface area (TPSA) is 9.23 Å². The van der Waals surface area contributed by atoms with E-state index in [2.05, 4.69) is 32.9 Å². The predicted molar refractivity (Wildman–Crippen MR) is 52.2 cm³/mol. The Morgan fingerprint density at radius 3 is 2.50 bits per heavy atom. The van der Waals surface area contributed by atoms with E-state index < -0.39 is 0 Å². The molecule has 0 N–H and O–H groups in total. The number of methoxy groups -OCH3 is 1. The van der Waals surface area contributed by atoms with E-state index >= 15 is 0 Å². The summed E-state index contributed by atoms with van der Waals surface area (Å²) in [7, 11) is 1.78. The molecular formula is C11H18O. The first-order chi connectivity index (χ1) is 5.57. The average molecular weight is 166 g/mol. The van der Waals surface area contributed by atoms with Gasteiger partial charge in [0.1, 0.15) is 0 Å². The van der Waals surface area contributed by atoms with Gasteiger partial charge in [-0.1, -0.05) is 17.7 Å². The van der Waals surface area contributed by atoms with Gasteiger partial charge in [0.25, 0.3) is 0 Å². The van der Waals surface area contributed by atoms with Crippen molar-refractivity contribution in [3.8, 4) is 0 Å². The van der Waals surface area contributed by atoms with Crippen molar-refractivity contribution in [2.75, 3.05) is 7.11 Å². The van der Waals surface area contributed by atoms with E-state index in [1.54, 1.807) is 7.11 Å². The molecule has 0 saturated heterocycles. The largest absolute Gasteiger partial charge is 0.374 e. The Morgan fingerprint density at radius 1 is 1.50 bits per heavy atom. The smallest absolute Gasteiger partial charge is 0.0836 e. The lowest BCUT2D eigenvalue weighted by molar-refractivity contribution is 0.0394. The number of ether oxygens (including phenoxy) is 1. The molecule has 0 saturated carbocycles. The number of hydrogen-bond acceptors (Lipinski definition) is 1. The molecule has 0 fully saturated rings. The van der Waals surface area contributed by atoms with Crippen molar-refractivity contribution >= 4 is 0 Å². The van der Waals surface area contributed by atoms with Crippen molar-refractivity contribution < 1.29 is 4.74 Å². The zero-order valence-electron chi connectivity index (χ0n) is 8.48. The maximum atomic E-state index is 5.40. The van der Waals surface area contributed by atoms with Gasteiger partial charge in [0, 0.05) is 7.11 Å². The van der Waals surface area contributed by atoms with E-state index in [4.69, 9.17) is 4.74 Å². The van der Waals surface area contributed by atoms with Gasteiger partial charge in [-0.25, -0.2) is 0 Å². The SMILES string of the molecule is COC1(C)C=CC(=C(C)C)CC1. The van der Waals surface area contributed by atoms with Crippen LogP contribution >= 0.6 is 0 Å². The fourth-order valence-electron chi connectivity index (χ4n) is 1.41. The molecular weight excluding hydrogens is 148 g/mol. The molecule has 0 aromatic rings. The molecule has 1 aliphatic rings. The Balaban J connectivity index is 2.78. The van der Waals surface area contributed by atoms with Crippen molar-refractivity contribution in [2.24, 2.45) is 0 Å². The highest BCUT2D eigenvalue weighted by atomic mass is 16.5. The molecule has 0 aromatic heterocycles. The fourth-order valence-corrected chi connectivity index (χ4v) is 1.41. The van der Waals surface area contributed by atoms with Crippen LogP contribution in [0.3, 0.4) is 0 Å². The van der Waals surface area contributed by atoms with Crippen molar-refractivity contribution in [3.63, 3.8) is 0 Å². The van der Waals surface area contributed by atoms with Gasteiger partial charge in [0.2, 0.25) is 0 Å². The Morgan fingerprint density at radius 2 is 2.17 bits per heavy atom. The molecule has 12 heavy (non-hydrogen) atoms. The van der Waals surface area contributed by atoms with E-state index in [1.807, 2.05) is 0 Å². The van der Waals surface area contributed by atoms with Crippen LogP contribution in [0.1, 0.15) is 33.6 Å². The molecule has 0 aliphatic heterocycles. The number of hydrogen-bond donors (Lipinski definition) is 0. The summed E-state index contributed by atoms with van der Waals surface area (Å²) in [6, 6.07) is 0. The summed E-state index contributed by atoms with van der Waals surface area (Å²) in [5, 5.41) is 0. The minimum Gasteiger partial charge on any atom is -0.374 e. The average Bonchev–Trinajstić information content (AvgIpc) is 2.05. The summed E-state index contributed by atoms with van der Waals surface area (Å²) in [6.45, 7) is 6.45. The summed E-state index contributed by atoms with van der Waals surface area (Å²) < 4.78 is 5.40. The van der Waals surface area contributed by atoms with Gasteiger partial charge in [-0.15, -0.1) is 0 Å². The lowest BCUT2D eigenvalue weighted by Gasteiger charge is -2.28. The summed E-state index contributed by atoms with van der Waals surface area (Å²) >= 11 is 0. The molecule has 0 bridgehead atoms. The third-order valence-corrected chi connectivity index (χ3v) is 2.64. The molecule has 68 valence electrons. The van der Waals surface area contributed by atoms with Crippen LogP contribution in [0.25, 0.3) is 0 Å². The van der Waals surface area contributed by atoms with Gasteiger partial charge in [-0.2, -0.15) is 0 Å². The van der Waals surface area contributed by atoms with Crippen LogP contribution in [0.4, 0.5) is 0 Å². The van der Waals surface area contributed by atoms with E-state index in [9.17, 15) is 0 Å². The molecule has 0 spiro atoms. The first-order valence-electron chi connectivity index (χ1n) is 4.48. The standard InChI is InChI=1S/C11H18O/c1-9(2)10-5-7-11(3,12-4)8-6-10/h5,7H,6,8H2,1-4H3. The lowest BCUT2D eigenvalue weighted by Crippen LogP contribution is -2.26. The second kappa shape index (κ2) is 3.44. The molecule has 1 nitrogen and oxygen atoms in total. The summed E-state index contributed by atoms with van der Waals surface area (Å²) in [5.74, 6) is 0. The lowest BCUT2D eigenvalue weighted by atomic mass is 9.88. The van der Waals surface area contributed by atoms with Crippen LogP contribution in [0.15, 0.2) is 23.3 Å². The molecule has 1 atom stereocenters. The van der Waals surface area contributed by atoms with Crippen LogP contribution in [0.2, 0.25) is 0 Å². The Labute approximate surface area is 75.1 Å². The molecule has 1 rings (SSSR count). The maximum absolute atomic E-state index is 5.40. The highest BCUT2D eigenvalue weighted by Gasteiger charge is 2.23. The fraction of sp³-hybridized carbons (Fsp3) is 0.636. The monoisotopic (exact) mass is 166 g/mol. The Bertz CT molecular complexity index is 221. The van der Waals surface area contributed by atoms with E-state index in [1.165, 1.54) is 11.1 Å². The summed E-state index contributed by atoms with van der Waals surface area (Å²) in [4.78, 5) is 0. The second-order valence-electron chi connectivity index (χ2n) is 3.88. The van der Waals surface area contributed by atoms with Gasteiger partial charge < -0.3 is 4.74 Å². The van der Waals surface area contributed by atoms with Gasteiger partial charge in [-0.05, 0) is 39.2 Å². The van der Waals surface area contributed by atoms with Crippen LogP contribution in [0.5, 0.6) is 0 Å². The minimum atomic E-state index is -0.0288. The van der Waals surface area contributed by atoms with Crippen LogP contribution < -0.4 is 0 Å². The predicted octanol–water partition coefficient (Wildman–Crippen LogP) is 3.08. The number of rotatable bonds is 1. The van der Waals surface area contributed by atoms with Crippen LogP contribution in [0, 0.1) is 0 Å². The van der Waals surface area contributed by atoms with E-state index in [-0.39, 0.29) is 5.60 Å². The second-order valence-corrected chi connectivity index (χ2v) is 3.88. The highest BCUT2D eigenvalue weighted by Crippen LogP contribution is 2.28. The normalized spacial score (nSPS) is 29.2. The quantitative estimate of drug-likeness (QED) is 0.581. The number of allylic oxidation sites excluding steroid dienone is 3. The van der Waals surface area contributed by atoms with Gasteiger partial charge in [0.15, 0.2) is 0 Å². The van der Waals surface area contributed by atoms with Crippen molar-refractivity contribution in [1.29, 1.82) is 0 Å². The first-order valence-corrected chi connectivity index (χ1v) is 4.48. The zero-order chi connectivity index (χ0) is 9.19. The summed E-state index contributed by atoms with van der Waals surface area (Å²) in [6.07, 6.45) is 6.60. The van der Waals surface area contributed by atoms with Crippen molar-refractivity contribution in [2.45, 2.75) is 39.2 Å². The van der Waals surface area contributed by atoms with Crippen LogP contribution in [-0.4, -0.2) is 12.7 Å². The minimum absolute atomic E-state index is 0.0288. The molecule has 0 amide bonds. The van der Waals surface area contributed by atoms with E-state index in [0.717, 1.165) is 12.8 Å². The molecule has 0 aromatic carbocycles. The third-order valence-electron chi connectivity index (χ3n) is 2.64. The van der Waals surface area contributed by atoms with Gasteiger partial charge in [-0.3, -0.25) is 0 Å². The van der Waals surface area contributed by atoms with Gasteiger partial charge in [0.05, 0.1) is 5.60 Å². The molecule has 0 radical (unpaired) electrons. The molecule has 0 heterocycles. The molecule has 1 aliphatic carbocycles. The third kappa shape index (κ3) is 1.98. The zero-order valence-corrected chi connectivity index (χ0v) is 8.48. The van der Waals surface area contributed by atoms with Crippen molar-refractivity contribution in [1.82, 2.24) is 0 Å². The molecule has 1 heteroatoms. The van der Waals surface area contributed by atoms with Crippen LogP contribution in [-0.2, 0) is 4.74 Å². The van der Waals surface area contributed by atoms with Gasteiger partial charge >= 0.3 is 0 Å². The Kier molecular flexibility index (Phi) is 2.73. The van der Waals surface area contributed by atoms with Crippen molar-refractivity contribution in [3.05, 3.63) is 23.3 Å². The van der Waals surface area contributed by atoms with E-state index in [0.29, 0.717) is 0 Å². The summed E-state index contributed by atoms with van der Waals surface area (Å²) in [5.41, 5.74) is 2.85. The first kappa shape index (κ1) is 9.53. The molecule has 1 unspecified atom stereocenters.